The van der Waals surface area contributed by atoms with Crippen molar-refractivity contribution in [1.82, 2.24) is 10.6 Å². The maximum atomic E-state index is 13.0. The number of carbonyl (C=O) groups excluding carboxylic acids is 1. The van der Waals surface area contributed by atoms with Crippen LogP contribution in [0.4, 0.5) is 4.39 Å². The molecule has 3 nitrogen and oxygen atoms in total. The van der Waals surface area contributed by atoms with E-state index in [0.717, 1.165) is 5.56 Å². The van der Waals surface area contributed by atoms with Crippen molar-refractivity contribution in [2.75, 3.05) is 6.54 Å². The molecule has 0 saturated carbocycles. The van der Waals surface area contributed by atoms with E-state index >= 15 is 0 Å². The summed E-state index contributed by atoms with van der Waals surface area (Å²) in [5.41, 5.74) is 0.767. The lowest BCUT2D eigenvalue weighted by atomic mass is 10.1. The van der Waals surface area contributed by atoms with Gasteiger partial charge in [-0.1, -0.05) is 26.0 Å². The molecule has 0 radical (unpaired) electrons. The van der Waals surface area contributed by atoms with Crippen LogP contribution < -0.4 is 10.6 Å². The smallest absolute Gasteiger partial charge is 0.234 e. The third-order valence-electron chi connectivity index (χ3n) is 2.40. The van der Waals surface area contributed by atoms with Gasteiger partial charge in [-0.05, 0) is 24.6 Å². The van der Waals surface area contributed by atoms with Gasteiger partial charge in [-0.25, -0.2) is 4.39 Å². The van der Waals surface area contributed by atoms with E-state index in [2.05, 4.69) is 10.6 Å². The Hall–Kier alpha value is -1.42. The van der Waals surface area contributed by atoms with E-state index in [4.69, 9.17) is 0 Å². The van der Waals surface area contributed by atoms with Gasteiger partial charge in [0.2, 0.25) is 5.91 Å². The summed E-state index contributed by atoms with van der Waals surface area (Å²) in [6.07, 6.45) is 0. The lowest BCUT2D eigenvalue weighted by molar-refractivity contribution is -0.121. The van der Waals surface area contributed by atoms with E-state index < -0.39 is 0 Å². The fraction of sp³-hybridized carbons (Fsp3) is 0.462. The summed E-state index contributed by atoms with van der Waals surface area (Å²) >= 11 is 0. The fourth-order valence-corrected chi connectivity index (χ4v) is 1.45. The quantitative estimate of drug-likeness (QED) is 0.823. The summed E-state index contributed by atoms with van der Waals surface area (Å²) in [4.78, 5) is 11.5. The van der Waals surface area contributed by atoms with Crippen LogP contribution in [0.25, 0.3) is 0 Å². The number of carbonyl (C=O) groups is 1. The predicted molar refractivity (Wildman–Crippen MR) is 66.1 cm³/mol. The minimum atomic E-state index is -0.288. The van der Waals surface area contributed by atoms with Gasteiger partial charge < -0.3 is 10.6 Å². The summed E-state index contributed by atoms with van der Waals surface area (Å²) < 4.78 is 13.0. The third-order valence-corrected chi connectivity index (χ3v) is 2.40. The first kappa shape index (κ1) is 13.6. The normalized spacial score (nSPS) is 12.5. The number of hydrogen-bond donors (Lipinski definition) is 2. The van der Waals surface area contributed by atoms with E-state index in [1.807, 2.05) is 20.8 Å². The summed E-state index contributed by atoms with van der Waals surface area (Å²) in [6, 6.07) is 6.33. The average molecular weight is 238 g/mol. The molecule has 0 bridgehead atoms. The van der Waals surface area contributed by atoms with Crippen LogP contribution in [0.5, 0.6) is 0 Å². The zero-order valence-electron chi connectivity index (χ0n) is 10.5. The van der Waals surface area contributed by atoms with Gasteiger partial charge >= 0.3 is 0 Å². The lowest BCUT2D eigenvalue weighted by Crippen LogP contribution is -2.38. The van der Waals surface area contributed by atoms with E-state index in [9.17, 15) is 9.18 Å². The van der Waals surface area contributed by atoms with Crippen LogP contribution in [0.15, 0.2) is 24.3 Å². The number of benzene rings is 1. The van der Waals surface area contributed by atoms with E-state index in [0.29, 0.717) is 0 Å². The van der Waals surface area contributed by atoms with Gasteiger partial charge in [0, 0.05) is 6.04 Å². The molecule has 0 saturated heterocycles. The Balaban J connectivity index is 2.48. The maximum Gasteiger partial charge on any atom is 0.234 e. The Labute approximate surface area is 101 Å². The zero-order valence-corrected chi connectivity index (χ0v) is 10.5. The van der Waals surface area contributed by atoms with Crippen LogP contribution in [0.1, 0.15) is 32.4 Å². The average Bonchev–Trinajstić information content (AvgIpc) is 2.26. The first-order valence-electron chi connectivity index (χ1n) is 5.77. The van der Waals surface area contributed by atoms with Crippen molar-refractivity contribution in [2.45, 2.75) is 32.9 Å². The molecule has 0 fully saturated rings. The summed E-state index contributed by atoms with van der Waals surface area (Å²) in [6.45, 7) is 6.06. The van der Waals surface area contributed by atoms with Crippen LogP contribution in [0.3, 0.4) is 0 Å². The molecule has 1 rings (SSSR count). The first-order valence-corrected chi connectivity index (χ1v) is 5.77. The van der Waals surface area contributed by atoms with Gasteiger partial charge in [-0.3, -0.25) is 4.79 Å². The molecule has 0 aliphatic rings. The Morgan fingerprint density at radius 3 is 2.65 bits per heavy atom. The zero-order chi connectivity index (χ0) is 12.8. The highest BCUT2D eigenvalue weighted by molar-refractivity contribution is 5.78. The molecular weight excluding hydrogens is 219 g/mol. The van der Waals surface area contributed by atoms with Crippen LogP contribution in [0, 0.1) is 5.82 Å². The van der Waals surface area contributed by atoms with Crippen molar-refractivity contribution in [1.29, 1.82) is 0 Å². The number of rotatable bonds is 5. The predicted octanol–water partition coefficient (Wildman–Crippen LogP) is 2.00. The maximum absolute atomic E-state index is 13.0. The Kier molecular flexibility index (Phi) is 5.10. The van der Waals surface area contributed by atoms with Gasteiger partial charge in [0.25, 0.3) is 0 Å². The molecule has 1 atom stereocenters. The van der Waals surface area contributed by atoms with Crippen molar-refractivity contribution < 1.29 is 9.18 Å². The van der Waals surface area contributed by atoms with Crippen molar-refractivity contribution in [3.05, 3.63) is 35.6 Å². The first-order chi connectivity index (χ1) is 7.99. The molecule has 4 heteroatoms. The van der Waals surface area contributed by atoms with Gasteiger partial charge in [0.15, 0.2) is 0 Å². The molecule has 0 aliphatic carbocycles. The molecule has 0 heterocycles. The molecule has 0 aromatic heterocycles. The fourth-order valence-electron chi connectivity index (χ4n) is 1.45. The molecule has 0 aliphatic heterocycles. The number of nitrogens with one attached hydrogen (secondary N) is 2. The molecule has 1 amide bonds. The molecule has 0 spiro atoms. The standard InChI is InChI=1S/C13H19FN2O/c1-9(2)15-8-13(17)16-10(3)11-5-4-6-12(14)7-11/h4-7,9-10,15H,8H2,1-3H3,(H,16,17)/t10-/m1/s1. The van der Waals surface area contributed by atoms with E-state index in [-0.39, 0.29) is 30.4 Å². The van der Waals surface area contributed by atoms with Crippen molar-refractivity contribution in [3.63, 3.8) is 0 Å². The van der Waals surface area contributed by atoms with Gasteiger partial charge in [-0.2, -0.15) is 0 Å². The van der Waals surface area contributed by atoms with Crippen LogP contribution in [-0.2, 0) is 4.79 Å². The molecule has 0 unspecified atom stereocenters. The summed E-state index contributed by atoms with van der Waals surface area (Å²) in [7, 11) is 0. The topological polar surface area (TPSA) is 41.1 Å². The largest absolute Gasteiger partial charge is 0.348 e. The highest BCUT2D eigenvalue weighted by Crippen LogP contribution is 2.12. The number of amides is 1. The SMILES string of the molecule is CC(C)NCC(=O)N[C@H](C)c1cccc(F)c1. The third kappa shape index (κ3) is 4.95. The highest BCUT2D eigenvalue weighted by atomic mass is 19.1. The Morgan fingerprint density at radius 2 is 2.06 bits per heavy atom. The molecule has 2 N–H and O–H groups in total. The summed E-state index contributed by atoms with van der Waals surface area (Å²) in [5, 5.41) is 5.84. The van der Waals surface area contributed by atoms with Gasteiger partial charge in [0.05, 0.1) is 12.6 Å². The number of hydrogen-bond acceptors (Lipinski definition) is 2. The van der Waals surface area contributed by atoms with Crippen molar-refractivity contribution in [3.8, 4) is 0 Å². The van der Waals surface area contributed by atoms with Crippen LogP contribution >= 0.6 is 0 Å². The second kappa shape index (κ2) is 6.35. The minimum Gasteiger partial charge on any atom is -0.348 e. The minimum absolute atomic E-state index is 0.0875. The monoisotopic (exact) mass is 238 g/mol. The molecule has 94 valence electrons. The van der Waals surface area contributed by atoms with E-state index in [1.54, 1.807) is 12.1 Å². The van der Waals surface area contributed by atoms with Crippen LogP contribution in [0.2, 0.25) is 0 Å². The second-order valence-electron chi connectivity index (χ2n) is 4.38. The van der Waals surface area contributed by atoms with Crippen molar-refractivity contribution >= 4 is 5.91 Å². The number of halogens is 1. The Morgan fingerprint density at radius 1 is 1.35 bits per heavy atom. The summed E-state index contributed by atoms with van der Waals surface area (Å²) in [5.74, 6) is -0.376. The molecule has 1 aromatic rings. The Bertz CT molecular complexity index is 379. The second-order valence-corrected chi connectivity index (χ2v) is 4.38. The van der Waals surface area contributed by atoms with Gasteiger partial charge in [-0.15, -0.1) is 0 Å². The highest BCUT2D eigenvalue weighted by Gasteiger charge is 2.09. The molecule has 17 heavy (non-hydrogen) atoms. The van der Waals surface area contributed by atoms with Gasteiger partial charge in [0.1, 0.15) is 5.82 Å². The van der Waals surface area contributed by atoms with Crippen LogP contribution in [-0.4, -0.2) is 18.5 Å². The molecular formula is C13H19FN2O. The molecule has 1 aromatic carbocycles. The lowest BCUT2D eigenvalue weighted by Gasteiger charge is -2.15. The van der Waals surface area contributed by atoms with Crippen molar-refractivity contribution in [2.24, 2.45) is 0 Å². The van der Waals surface area contributed by atoms with E-state index in [1.165, 1.54) is 12.1 Å².